The molecule has 8 nitrogen and oxygen atoms in total. The second-order valence-electron chi connectivity index (χ2n) is 9.79. The Morgan fingerprint density at radius 3 is 2.53 bits per heavy atom. The molecule has 2 aliphatic heterocycles. The van der Waals surface area contributed by atoms with E-state index in [0.29, 0.717) is 17.2 Å². The number of aromatic nitrogens is 5. The normalized spacial score (nSPS) is 17.9. The van der Waals surface area contributed by atoms with Gasteiger partial charge in [0.25, 0.3) is 0 Å². The quantitative estimate of drug-likeness (QED) is 0.498. The first-order chi connectivity index (χ1) is 16.4. The van der Waals surface area contributed by atoms with Crippen LogP contribution >= 0.6 is 0 Å². The number of hydrogen-bond acceptors (Lipinski definition) is 6. The Morgan fingerprint density at radius 2 is 1.85 bits per heavy atom. The average Bonchev–Trinajstić information content (AvgIpc) is 3.41. The van der Waals surface area contributed by atoms with Gasteiger partial charge in [-0.25, -0.2) is 18.9 Å². The maximum atomic E-state index is 16.1. The van der Waals surface area contributed by atoms with Crippen LogP contribution in [0, 0.1) is 19.7 Å². The lowest BCUT2D eigenvalue weighted by atomic mass is 9.94. The summed E-state index contributed by atoms with van der Waals surface area (Å²) in [4.78, 5) is 17.0. The molecule has 1 N–H and O–H groups in total. The number of nitrogens with one attached hydrogen (secondary N) is 1. The van der Waals surface area contributed by atoms with Crippen LogP contribution in [0.1, 0.15) is 36.5 Å². The highest BCUT2D eigenvalue weighted by molar-refractivity contribution is 5.94. The fraction of sp³-hybridized carbons (Fsp3) is 0.480. The smallest absolute Gasteiger partial charge is 0.175 e. The van der Waals surface area contributed by atoms with Crippen molar-refractivity contribution in [2.45, 2.75) is 39.7 Å². The molecule has 0 amide bonds. The predicted molar refractivity (Wildman–Crippen MR) is 130 cm³/mol. The van der Waals surface area contributed by atoms with E-state index in [4.69, 9.17) is 4.74 Å². The van der Waals surface area contributed by atoms with Crippen LogP contribution in [0.3, 0.4) is 0 Å². The van der Waals surface area contributed by atoms with Gasteiger partial charge >= 0.3 is 0 Å². The van der Waals surface area contributed by atoms with Crippen molar-refractivity contribution in [3.05, 3.63) is 41.2 Å². The summed E-state index contributed by atoms with van der Waals surface area (Å²) >= 11 is 0. The van der Waals surface area contributed by atoms with Gasteiger partial charge in [0.05, 0.1) is 36.7 Å². The number of pyridine rings is 2. The van der Waals surface area contributed by atoms with Crippen molar-refractivity contribution < 1.29 is 9.13 Å². The van der Waals surface area contributed by atoms with E-state index in [2.05, 4.69) is 57.5 Å². The fourth-order valence-electron chi connectivity index (χ4n) is 5.36. The molecule has 0 saturated carbocycles. The number of aromatic amines is 1. The van der Waals surface area contributed by atoms with Gasteiger partial charge in [-0.15, -0.1) is 0 Å². The van der Waals surface area contributed by atoms with E-state index in [1.54, 1.807) is 17.0 Å². The van der Waals surface area contributed by atoms with Gasteiger partial charge in [0.2, 0.25) is 0 Å². The number of nitrogens with zero attached hydrogens (tertiary/aromatic N) is 6. The fourth-order valence-corrected chi connectivity index (χ4v) is 5.36. The summed E-state index contributed by atoms with van der Waals surface area (Å²) in [6.07, 6.45) is 5.33. The number of H-pyrrole nitrogens is 1. The number of fused-ring (bicyclic) bond motifs is 2. The lowest BCUT2D eigenvalue weighted by molar-refractivity contribution is -0.0661. The van der Waals surface area contributed by atoms with Crippen molar-refractivity contribution in [1.82, 2.24) is 29.5 Å². The largest absolute Gasteiger partial charge is 0.378 e. The van der Waals surface area contributed by atoms with Crippen LogP contribution in [0.5, 0.6) is 0 Å². The Bertz CT molecular complexity index is 1380. The third-order valence-electron chi connectivity index (χ3n) is 7.52. The minimum absolute atomic E-state index is 0.120. The predicted octanol–water partition coefficient (Wildman–Crippen LogP) is 3.67. The standard InChI is InChI=1S/C25H30FN7O/c1-14(2)20-21-19(30-23(20)18-10-33-24(28-13-29-33)16(4)15(18)3)9-27-25(22(21)26)32-7-5-31(6-8-32)17-11-34-12-17/h9-10,13-14,17,30H,5-8,11-12H2,1-4H3. The molecule has 0 spiro atoms. The van der Waals surface area contributed by atoms with Crippen LogP contribution in [-0.2, 0) is 4.74 Å². The molecule has 34 heavy (non-hydrogen) atoms. The van der Waals surface area contributed by atoms with Gasteiger partial charge in [-0.05, 0) is 36.5 Å². The minimum atomic E-state index is -0.236. The Hall–Kier alpha value is -3.04. The Labute approximate surface area is 197 Å². The van der Waals surface area contributed by atoms with Crippen LogP contribution < -0.4 is 4.90 Å². The highest BCUT2D eigenvalue weighted by atomic mass is 19.1. The first kappa shape index (κ1) is 21.5. The maximum absolute atomic E-state index is 16.1. The third-order valence-corrected chi connectivity index (χ3v) is 7.52. The van der Waals surface area contributed by atoms with Gasteiger partial charge in [-0.3, -0.25) is 4.90 Å². The van der Waals surface area contributed by atoms with Gasteiger partial charge in [-0.2, -0.15) is 5.10 Å². The number of halogens is 1. The van der Waals surface area contributed by atoms with E-state index < -0.39 is 0 Å². The summed E-state index contributed by atoms with van der Waals surface area (Å²) in [7, 11) is 0. The van der Waals surface area contributed by atoms with Crippen LogP contribution in [0.4, 0.5) is 10.2 Å². The maximum Gasteiger partial charge on any atom is 0.175 e. The van der Waals surface area contributed by atoms with Crippen molar-refractivity contribution in [3.8, 4) is 11.3 Å². The number of anilines is 1. The second kappa shape index (κ2) is 8.02. The van der Waals surface area contributed by atoms with Gasteiger partial charge < -0.3 is 14.6 Å². The molecule has 0 atom stereocenters. The Morgan fingerprint density at radius 1 is 1.09 bits per heavy atom. The van der Waals surface area contributed by atoms with Crippen molar-refractivity contribution in [1.29, 1.82) is 0 Å². The summed E-state index contributed by atoms with van der Waals surface area (Å²) in [6, 6.07) is 0.510. The molecule has 178 valence electrons. The van der Waals surface area contributed by atoms with Crippen LogP contribution in [0.2, 0.25) is 0 Å². The highest BCUT2D eigenvalue weighted by Gasteiger charge is 2.31. The first-order valence-corrected chi connectivity index (χ1v) is 12.0. The number of ether oxygens (including phenoxy) is 1. The van der Waals surface area contributed by atoms with E-state index in [1.165, 1.54) is 0 Å². The van der Waals surface area contributed by atoms with Crippen molar-refractivity contribution in [2.75, 3.05) is 44.3 Å². The molecule has 6 heterocycles. The topological polar surface area (TPSA) is 74.6 Å². The summed E-state index contributed by atoms with van der Waals surface area (Å²) in [5, 5.41) is 4.98. The minimum Gasteiger partial charge on any atom is -0.378 e. The molecule has 0 bridgehead atoms. The molecule has 2 saturated heterocycles. The lowest BCUT2D eigenvalue weighted by Gasteiger charge is -2.42. The molecule has 2 fully saturated rings. The molecule has 0 unspecified atom stereocenters. The van der Waals surface area contributed by atoms with Crippen LogP contribution in [-0.4, -0.2) is 74.9 Å². The third kappa shape index (κ3) is 3.21. The number of aryl methyl sites for hydroxylation is 1. The molecule has 6 rings (SSSR count). The van der Waals surface area contributed by atoms with E-state index in [0.717, 1.165) is 78.5 Å². The van der Waals surface area contributed by atoms with Crippen LogP contribution in [0.25, 0.3) is 27.8 Å². The van der Waals surface area contributed by atoms with Gasteiger partial charge in [-0.1, -0.05) is 13.8 Å². The number of hydrogen-bond donors (Lipinski definition) is 1. The SMILES string of the molecule is Cc1c(-c2[nH]c3cnc(N4CCN(C5COC5)CC4)c(F)c3c2C(C)C)cn2ncnc2c1C. The van der Waals surface area contributed by atoms with Crippen molar-refractivity contribution >= 4 is 22.4 Å². The van der Waals surface area contributed by atoms with Crippen molar-refractivity contribution in [2.24, 2.45) is 0 Å². The molecule has 4 aromatic rings. The molecule has 0 radical (unpaired) electrons. The molecule has 9 heteroatoms. The molecule has 0 aromatic carbocycles. The van der Waals surface area contributed by atoms with Gasteiger partial charge in [0.1, 0.15) is 6.33 Å². The average molecular weight is 464 g/mol. The zero-order valence-corrected chi connectivity index (χ0v) is 20.1. The zero-order valence-electron chi connectivity index (χ0n) is 20.1. The monoisotopic (exact) mass is 463 g/mol. The highest BCUT2D eigenvalue weighted by Crippen LogP contribution is 2.40. The first-order valence-electron chi connectivity index (χ1n) is 12.0. The molecule has 4 aromatic heterocycles. The Balaban J connectivity index is 1.44. The molecular formula is C25H30FN7O. The zero-order chi connectivity index (χ0) is 23.6. The van der Waals surface area contributed by atoms with E-state index in [9.17, 15) is 0 Å². The van der Waals surface area contributed by atoms with Gasteiger partial charge in [0, 0.05) is 43.3 Å². The summed E-state index contributed by atoms with van der Waals surface area (Å²) in [5.41, 5.74) is 6.65. The number of piperazine rings is 1. The second-order valence-corrected chi connectivity index (χ2v) is 9.79. The molecule has 2 aliphatic rings. The van der Waals surface area contributed by atoms with Gasteiger partial charge in [0.15, 0.2) is 17.3 Å². The Kier molecular flexibility index (Phi) is 5.07. The number of rotatable bonds is 4. The van der Waals surface area contributed by atoms with Crippen LogP contribution in [0.15, 0.2) is 18.7 Å². The lowest BCUT2D eigenvalue weighted by Crippen LogP contribution is -2.56. The summed E-state index contributed by atoms with van der Waals surface area (Å²) in [5.74, 6) is 0.333. The van der Waals surface area contributed by atoms with E-state index in [1.807, 2.05) is 6.20 Å². The van der Waals surface area contributed by atoms with Crippen molar-refractivity contribution in [3.63, 3.8) is 0 Å². The summed E-state index contributed by atoms with van der Waals surface area (Å²) in [6.45, 7) is 13.3. The molecular weight excluding hydrogens is 433 g/mol. The van der Waals surface area contributed by atoms with E-state index >= 15 is 4.39 Å². The summed E-state index contributed by atoms with van der Waals surface area (Å²) < 4.78 is 23.3. The van der Waals surface area contributed by atoms with E-state index in [-0.39, 0.29) is 11.7 Å². The molecule has 0 aliphatic carbocycles.